The van der Waals surface area contributed by atoms with Crippen molar-refractivity contribution in [2.75, 3.05) is 0 Å². The van der Waals surface area contributed by atoms with Crippen LogP contribution in [0.3, 0.4) is 0 Å². The van der Waals surface area contributed by atoms with Gasteiger partial charge in [-0.15, -0.1) is 0 Å². The van der Waals surface area contributed by atoms with Gasteiger partial charge in [-0.25, -0.2) is 0 Å². The topological polar surface area (TPSA) is 52.9 Å². The quantitative estimate of drug-likeness (QED) is 0.527. The lowest BCUT2D eigenvalue weighted by Gasteiger charge is -2.20. The molecule has 0 aliphatic carbocycles. The number of hydrogen-bond donors (Lipinski definition) is 1. The second kappa shape index (κ2) is 1.98. The highest BCUT2D eigenvalue weighted by Gasteiger charge is 2.38. The van der Waals surface area contributed by atoms with Crippen molar-refractivity contribution in [3.63, 3.8) is 0 Å². The summed E-state index contributed by atoms with van der Waals surface area (Å²) in [6, 6.07) is 2.10. The average Bonchev–Trinajstić information content (AvgIpc) is 2.04. The predicted octanol–water partition coefficient (Wildman–Crippen LogP) is 0.425. The zero-order chi connectivity index (χ0) is 7.78. The minimum absolute atomic E-state index is 0.0171. The van der Waals surface area contributed by atoms with Gasteiger partial charge in [0.15, 0.2) is 0 Å². The summed E-state index contributed by atoms with van der Waals surface area (Å²) >= 11 is 0. The van der Waals surface area contributed by atoms with Gasteiger partial charge in [0.05, 0.1) is 17.5 Å². The Morgan fingerprint density at radius 3 is 2.60 bits per heavy atom. The Hall–Kier alpha value is -1.04. The Balaban J connectivity index is 2.79. The molecular formula is C7H10N2O. The fraction of sp³-hybridized carbons (Fsp3) is 0.714. The van der Waals surface area contributed by atoms with Crippen LogP contribution >= 0.6 is 0 Å². The molecule has 1 N–H and O–H groups in total. The van der Waals surface area contributed by atoms with E-state index in [4.69, 9.17) is 5.26 Å². The summed E-state index contributed by atoms with van der Waals surface area (Å²) in [6.45, 7) is 3.73. The van der Waals surface area contributed by atoms with Crippen LogP contribution in [0.1, 0.15) is 20.3 Å². The normalized spacial score (nSPS) is 29.3. The second-order valence-corrected chi connectivity index (χ2v) is 3.16. The maximum absolute atomic E-state index is 10.8. The van der Waals surface area contributed by atoms with Crippen LogP contribution in [-0.4, -0.2) is 11.4 Å². The van der Waals surface area contributed by atoms with Gasteiger partial charge in [-0.3, -0.25) is 4.79 Å². The molecule has 0 spiro atoms. The molecule has 1 unspecified atom stereocenters. The van der Waals surface area contributed by atoms with Crippen LogP contribution < -0.4 is 5.32 Å². The van der Waals surface area contributed by atoms with Crippen LogP contribution in [0.15, 0.2) is 0 Å². The van der Waals surface area contributed by atoms with Gasteiger partial charge in [-0.2, -0.15) is 5.26 Å². The van der Waals surface area contributed by atoms with E-state index in [2.05, 4.69) is 11.4 Å². The lowest BCUT2D eigenvalue weighted by atomic mass is 9.91. The maximum Gasteiger partial charge on any atom is 0.221 e. The van der Waals surface area contributed by atoms with Gasteiger partial charge in [-0.05, 0) is 13.8 Å². The Morgan fingerprint density at radius 2 is 2.40 bits per heavy atom. The van der Waals surface area contributed by atoms with Gasteiger partial charge in [-0.1, -0.05) is 0 Å². The first-order valence-electron chi connectivity index (χ1n) is 3.27. The third-order valence-electron chi connectivity index (χ3n) is 1.88. The molecule has 0 radical (unpaired) electrons. The SMILES string of the molecule is CC1(C)NC(=O)CC1C#N. The van der Waals surface area contributed by atoms with Crippen molar-refractivity contribution >= 4 is 5.91 Å². The number of amides is 1. The molecule has 1 heterocycles. The van der Waals surface area contributed by atoms with Crippen LogP contribution in [0.2, 0.25) is 0 Å². The van der Waals surface area contributed by atoms with E-state index < -0.39 is 0 Å². The average molecular weight is 138 g/mol. The first-order valence-corrected chi connectivity index (χ1v) is 3.27. The van der Waals surface area contributed by atoms with E-state index in [-0.39, 0.29) is 17.4 Å². The van der Waals surface area contributed by atoms with E-state index in [0.29, 0.717) is 6.42 Å². The molecule has 1 fully saturated rings. The van der Waals surface area contributed by atoms with Gasteiger partial charge < -0.3 is 5.32 Å². The van der Waals surface area contributed by atoms with Gasteiger partial charge in [0.25, 0.3) is 0 Å². The number of nitrogens with zero attached hydrogens (tertiary/aromatic N) is 1. The summed E-state index contributed by atoms with van der Waals surface area (Å²) in [5, 5.41) is 11.3. The van der Waals surface area contributed by atoms with Gasteiger partial charge in [0, 0.05) is 6.42 Å². The van der Waals surface area contributed by atoms with Crippen molar-refractivity contribution in [2.24, 2.45) is 5.92 Å². The van der Waals surface area contributed by atoms with E-state index in [1.54, 1.807) is 0 Å². The van der Waals surface area contributed by atoms with Crippen LogP contribution in [0.4, 0.5) is 0 Å². The number of nitriles is 1. The Morgan fingerprint density at radius 1 is 1.80 bits per heavy atom. The van der Waals surface area contributed by atoms with Crippen molar-refractivity contribution in [1.82, 2.24) is 5.32 Å². The highest BCUT2D eigenvalue weighted by atomic mass is 16.2. The summed E-state index contributed by atoms with van der Waals surface area (Å²) in [4.78, 5) is 10.8. The summed E-state index contributed by atoms with van der Waals surface area (Å²) < 4.78 is 0. The highest BCUT2D eigenvalue weighted by molar-refractivity contribution is 5.80. The smallest absolute Gasteiger partial charge is 0.221 e. The third-order valence-corrected chi connectivity index (χ3v) is 1.88. The molecule has 1 amide bonds. The van der Waals surface area contributed by atoms with Crippen molar-refractivity contribution in [2.45, 2.75) is 25.8 Å². The van der Waals surface area contributed by atoms with Crippen LogP contribution in [0.5, 0.6) is 0 Å². The van der Waals surface area contributed by atoms with Crippen molar-refractivity contribution in [3.8, 4) is 6.07 Å². The number of carbonyl (C=O) groups excluding carboxylic acids is 1. The molecule has 1 saturated heterocycles. The molecule has 0 aromatic rings. The zero-order valence-corrected chi connectivity index (χ0v) is 6.14. The summed E-state index contributed by atoms with van der Waals surface area (Å²) in [7, 11) is 0. The second-order valence-electron chi connectivity index (χ2n) is 3.16. The van der Waals surface area contributed by atoms with E-state index >= 15 is 0 Å². The largest absolute Gasteiger partial charge is 0.350 e. The molecule has 3 nitrogen and oxygen atoms in total. The molecule has 1 rings (SSSR count). The molecular weight excluding hydrogens is 128 g/mol. The molecule has 1 aliphatic heterocycles. The Labute approximate surface area is 60.0 Å². The number of rotatable bonds is 0. The Bertz CT molecular complexity index is 202. The lowest BCUT2D eigenvalue weighted by Crippen LogP contribution is -2.38. The molecule has 54 valence electrons. The fourth-order valence-electron chi connectivity index (χ4n) is 1.15. The van der Waals surface area contributed by atoms with Crippen LogP contribution in [0.25, 0.3) is 0 Å². The Kier molecular flexibility index (Phi) is 1.40. The van der Waals surface area contributed by atoms with Gasteiger partial charge in [0.2, 0.25) is 5.91 Å². The minimum atomic E-state index is -0.328. The monoisotopic (exact) mass is 138 g/mol. The van der Waals surface area contributed by atoms with Crippen molar-refractivity contribution < 1.29 is 4.79 Å². The van der Waals surface area contributed by atoms with E-state index in [9.17, 15) is 4.79 Å². The summed E-state index contributed by atoms with van der Waals surface area (Å²) in [5.74, 6) is -0.184. The zero-order valence-electron chi connectivity index (χ0n) is 6.14. The highest BCUT2D eigenvalue weighted by Crippen LogP contribution is 2.25. The van der Waals surface area contributed by atoms with Crippen molar-refractivity contribution in [3.05, 3.63) is 0 Å². The summed E-state index contributed by atoms with van der Waals surface area (Å²) in [6.07, 6.45) is 0.351. The van der Waals surface area contributed by atoms with Gasteiger partial charge in [0.1, 0.15) is 0 Å². The number of hydrogen-bond acceptors (Lipinski definition) is 2. The third kappa shape index (κ3) is 0.971. The maximum atomic E-state index is 10.8. The standard InChI is InChI=1S/C7H10N2O/c1-7(2)5(4-8)3-6(10)9-7/h5H,3H2,1-2H3,(H,9,10). The lowest BCUT2D eigenvalue weighted by molar-refractivity contribution is -0.119. The number of carbonyl (C=O) groups is 1. The van der Waals surface area contributed by atoms with E-state index in [1.165, 1.54) is 0 Å². The first kappa shape index (κ1) is 7.07. The van der Waals surface area contributed by atoms with Crippen LogP contribution in [-0.2, 0) is 4.79 Å². The molecule has 10 heavy (non-hydrogen) atoms. The van der Waals surface area contributed by atoms with Gasteiger partial charge >= 0.3 is 0 Å². The molecule has 3 heteroatoms. The fourth-order valence-corrected chi connectivity index (χ4v) is 1.15. The van der Waals surface area contributed by atoms with E-state index in [1.807, 2.05) is 13.8 Å². The molecule has 0 bridgehead atoms. The van der Waals surface area contributed by atoms with E-state index in [0.717, 1.165) is 0 Å². The minimum Gasteiger partial charge on any atom is -0.350 e. The molecule has 0 aromatic heterocycles. The number of nitrogens with one attached hydrogen (secondary N) is 1. The molecule has 0 aromatic carbocycles. The predicted molar refractivity (Wildman–Crippen MR) is 35.9 cm³/mol. The van der Waals surface area contributed by atoms with Crippen LogP contribution in [0, 0.1) is 17.2 Å². The molecule has 0 saturated carbocycles. The molecule has 1 atom stereocenters. The first-order chi connectivity index (χ1) is 4.56. The summed E-state index contributed by atoms with van der Waals surface area (Å²) in [5.41, 5.74) is -0.328. The molecule has 1 aliphatic rings. The van der Waals surface area contributed by atoms with Crippen molar-refractivity contribution in [1.29, 1.82) is 5.26 Å².